The number of amides is 1. The Bertz CT molecular complexity index is 566. The molecule has 0 saturated heterocycles. The number of rotatable bonds is 2. The molecule has 0 bridgehead atoms. The second kappa shape index (κ2) is 4.17. The van der Waals surface area contributed by atoms with Gasteiger partial charge in [-0.1, -0.05) is 0 Å². The molecule has 1 atom stereocenters. The van der Waals surface area contributed by atoms with Crippen molar-refractivity contribution in [2.45, 2.75) is 19.5 Å². The predicted octanol–water partition coefficient (Wildman–Crippen LogP) is 0.268. The molecule has 1 amide bonds. The van der Waals surface area contributed by atoms with E-state index in [9.17, 15) is 4.79 Å². The first-order valence-corrected chi connectivity index (χ1v) is 5.72. The van der Waals surface area contributed by atoms with Gasteiger partial charge < -0.3 is 9.47 Å². The van der Waals surface area contributed by atoms with Gasteiger partial charge in [0, 0.05) is 25.5 Å². The molecule has 92 valence electrons. The van der Waals surface area contributed by atoms with E-state index in [0.29, 0.717) is 24.6 Å². The zero-order valence-corrected chi connectivity index (χ0v) is 9.89. The molecule has 0 radical (unpaired) electrons. The zero-order chi connectivity index (χ0) is 12.5. The van der Waals surface area contributed by atoms with Crippen LogP contribution in [0.5, 0.6) is 0 Å². The lowest BCUT2D eigenvalue weighted by Gasteiger charge is -2.30. The largest absolute Gasteiger partial charge is 0.333 e. The second-order valence-corrected chi connectivity index (χ2v) is 4.14. The van der Waals surface area contributed by atoms with Gasteiger partial charge in [-0.25, -0.2) is 4.98 Å². The summed E-state index contributed by atoms with van der Waals surface area (Å²) in [7, 11) is 0. The average molecular weight is 244 g/mol. The monoisotopic (exact) mass is 244 g/mol. The lowest BCUT2D eigenvalue weighted by Crippen LogP contribution is -2.36. The molecule has 1 aliphatic heterocycles. The Morgan fingerprint density at radius 1 is 1.33 bits per heavy atom. The average Bonchev–Trinajstić information content (AvgIpc) is 2.85. The Morgan fingerprint density at radius 2 is 2.22 bits per heavy atom. The number of nitrogens with zero attached hydrogens (tertiary/aromatic N) is 6. The summed E-state index contributed by atoms with van der Waals surface area (Å²) in [5.41, 5.74) is 0.697. The SMILES string of the molecule is CC1c2nnc(-c3cnccn3)n2CCN1C=O. The molecule has 0 spiro atoms. The van der Waals surface area contributed by atoms with E-state index in [4.69, 9.17) is 0 Å². The van der Waals surface area contributed by atoms with E-state index >= 15 is 0 Å². The van der Waals surface area contributed by atoms with Gasteiger partial charge in [0.2, 0.25) is 6.41 Å². The van der Waals surface area contributed by atoms with Crippen molar-refractivity contribution in [3.63, 3.8) is 0 Å². The maximum Gasteiger partial charge on any atom is 0.210 e. The standard InChI is InChI=1S/C11H12N6O/c1-8-10-14-15-11(9-6-12-2-3-13-9)17(10)5-4-16(8)7-18/h2-3,6-8H,4-5H2,1H3. The molecule has 2 aromatic heterocycles. The van der Waals surface area contributed by atoms with Gasteiger partial charge in [-0.15, -0.1) is 10.2 Å². The van der Waals surface area contributed by atoms with Gasteiger partial charge in [-0.3, -0.25) is 9.78 Å². The van der Waals surface area contributed by atoms with Crippen molar-refractivity contribution in [2.75, 3.05) is 6.54 Å². The summed E-state index contributed by atoms with van der Waals surface area (Å²) in [5, 5.41) is 8.31. The highest BCUT2D eigenvalue weighted by molar-refractivity contribution is 5.51. The van der Waals surface area contributed by atoms with E-state index in [1.54, 1.807) is 23.5 Å². The molecular weight excluding hydrogens is 232 g/mol. The molecule has 3 heterocycles. The van der Waals surface area contributed by atoms with Gasteiger partial charge in [-0.2, -0.15) is 0 Å². The van der Waals surface area contributed by atoms with E-state index in [1.165, 1.54) is 0 Å². The van der Waals surface area contributed by atoms with Gasteiger partial charge in [0.1, 0.15) is 5.69 Å². The summed E-state index contributed by atoms with van der Waals surface area (Å²) in [6.45, 7) is 3.27. The van der Waals surface area contributed by atoms with Gasteiger partial charge in [0.25, 0.3) is 0 Å². The number of fused-ring (bicyclic) bond motifs is 1. The molecule has 18 heavy (non-hydrogen) atoms. The predicted molar refractivity (Wildman–Crippen MR) is 62.2 cm³/mol. The van der Waals surface area contributed by atoms with Crippen LogP contribution in [0.3, 0.4) is 0 Å². The first-order valence-electron chi connectivity index (χ1n) is 5.72. The summed E-state index contributed by atoms with van der Waals surface area (Å²) < 4.78 is 1.99. The molecule has 0 saturated carbocycles. The van der Waals surface area contributed by atoms with E-state index in [2.05, 4.69) is 20.2 Å². The number of carbonyl (C=O) groups excluding carboxylic acids is 1. The fraction of sp³-hybridized carbons (Fsp3) is 0.364. The number of carbonyl (C=O) groups is 1. The molecule has 1 unspecified atom stereocenters. The number of hydrogen-bond acceptors (Lipinski definition) is 5. The highest BCUT2D eigenvalue weighted by Crippen LogP contribution is 2.25. The molecule has 0 aliphatic carbocycles. The lowest BCUT2D eigenvalue weighted by molar-refractivity contribution is -0.121. The van der Waals surface area contributed by atoms with Crippen LogP contribution in [0.25, 0.3) is 11.5 Å². The van der Waals surface area contributed by atoms with Crippen LogP contribution in [0, 0.1) is 0 Å². The summed E-state index contributed by atoms with van der Waals surface area (Å²) in [6.07, 6.45) is 5.76. The van der Waals surface area contributed by atoms with Crippen LogP contribution < -0.4 is 0 Å². The normalized spacial score (nSPS) is 18.5. The summed E-state index contributed by atoms with van der Waals surface area (Å²) in [4.78, 5) is 20.9. The van der Waals surface area contributed by atoms with Gasteiger partial charge >= 0.3 is 0 Å². The molecule has 1 aliphatic rings. The number of hydrogen-bond donors (Lipinski definition) is 0. The molecule has 0 N–H and O–H groups in total. The minimum atomic E-state index is -0.0610. The van der Waals surface area contributed by atoms with Crippen molar-refractivity contribution in [3.05, 3.63) is 24.4 Å². The summed E-state index contributed by atoms with van der Waals surface area (Å²) in [6, 6.07) is -0.0610. The summed E-state index contributed by atoms with van der Waals surface area (Å²) >= 11 is 0. The second-order valence-electron chi connectivity index (χ2n) is 4.14. The highest BCUT2D eigenvalue weighted by atomic mass is 16.1. The van der Waals surface area contributed by atoms with Crippen molar-refractivity contribution in [3.8, 4) is 11.5 Å². The van der Waals surface area contributed by atoms with E-state index < -0.39 is 0 Å². The van der Waals surface area contributed by atoms with Crippen LogP contribution in [-0.4, -0.2) is 42.6 Å². The van der Waals surface area contributed by atoms with Crippen molar-refractivity contribution >= 4 is 6.41 Å². The Hall–Kier alpha value is -2.31. The van der Waals surface area contributed by atoms with Crippen molar-refractivity contribution in [2.24, 2.45) is 0 Å². The minimum Gasteiger partial charge on any atom is -0.333 e. The molecule has 0 fully saturated rings. The first-order chi connectivity index (χ1) is 8.81. The van der Waals surface area contributed by atoms with Crippen LogP contribution in [0.1, 0.15) is 18.8 Å². The molecule has 2 aromatic rings. The lowest BCUT2D eigenvalue weighted by atomic mass is 10.2. The molecular formula is C11H12N6O. The third kappa shape index (κ3) is 1.55. The smallest absolute Gasteiger partial charge is 0.210 e. The fourth-order valence-corrected chi connectivity index (χ4v) is 2.15. The number of aromatic nitrogens is 5. The topological polar surface area (TPSA) is 76.8 Å². The summed E-state index contributed by atoms with van der Waals surface area (Å²) in [5.74, 6) is 1.49. The van der Waals surface area contributed by atoms with Crippen molar-refractivity contribution < 1.29 is 4.79 Å². The molecule has 0 aromatic carbocycles. The highest BCUT2D eigenvalue weighted by Gasteiger charge is 2.27. The third-order valence-electron chi connectivity index (χ3n) is 3.16. The third-order valence-corrected chi connectivity index (χ3v) is 3.16. The van der Waals surface area contributed by atoms with Crippen LogP contribution in [0.15, 0.2) is 18.6 Å². The van der Waals surface area contributed by atoms with E-state index in [-0.39, 0.29) is 6.04 Å². The van der Waals surface area contributed by atoms with Crippen LogP contribution in [0.2, 0.25) is 0 Å². The fourth-order valence-electron chi connectivity index (χ4n) is 2.15. The first kappa shape index (κ1) is 10.8. The maximum absolute atomic E-state index is 10.9. The Balaban J connectivity index is 2.05. The Morgan fingerprint density at radius 3 is 2.94 bits per heavy atom. The van der Waals surface area contributed by atoms with Gasteiger partial charge in [-0.05, 0) is 6.92 Å². The van der Waals surface area contributed by atoms with E-state index in [0.717, 1.165) is 12.2 Å². The molecule has 7 heteroatoms. The molecule has 7 nitrogen and oxygen atoms in total. The Labute approximate surface area is 103 Å². The quantitative estimate of drug-likeness (QED) is 0.708. The zero-order valence-electron chi connectivity index (χ0n) is 9.89. The van der Waals surface area contributed by atoms with Crippen LogP contribution >= 0.6 is 0 Å². The van der Waals surface area contributed by atoms with E-state index in [1.807, 2.05) is 11.5 Å². The molecule has 3 rings (SSSR count). The van der Waals surface area contributed by atoms with Crippen LogP contribution in [0.4, 0.5) is 0 Å². The minimum absolute atomic E-state index is 0.0610. The van der Waals surface area contributed by atoms with Crippen molar-refractivity contribution in [1.82, 2.24) is 29.6 Å². The van der Waals surface area contributed by atoms with Crippen LogP contribution in [-0.2, 0) is 11.3 Å². The Kier molecular flexibility index (Phi) is 2.51. The maximum atomic E-state index is 10.9. The van der Waals surface area contributed by atoms with Gasteiger partial charge in [0.05, 0.1) is 12.2 Å². The van der Waals surface area contributed by atoms with Crippen molar-refractivity contribution in [1.29, 1.82) is 0 Å². The van der Waals surface area contributed by atoms with Gasteiger partial charge in [0.15, 0.2) is 11.6 Å².